The molecular formula is C21H22N4O3. The van der Waals surface area contributed by atoms with Crippen LogP contribution >= 0.6 is 0 Å². The van der Waals surface area contributed by atoms with Gasteiger partial charge in [0, 0.05) is 5.69 Å². The van der Waals surface area contributed by atoms with Crippen LogP contribution in [0.2, 0.25) is 0 Å². The molecule has 0 saturated carbocycles. The molecule has 0 radical (unpaired) electrons. The number of aryl methyl sites for hydroxylation is 2. The lowest BCUT2D eigenvalue weighted by Gasteiger charge is -2.16. The zero-order chi connectivity index (χ0) is 19.8. The molecule has 1 aliphatic heterocycles. The van der Waals surface area contributed by atoms with Crippen LogP contribution in [0.15, 0.2) is 42.5 Å². The van der Waals surface area contributed by atoms with Crippen LogP contribution in [-0.2, 0) is 14.4 Å². The predicted molar refractivity (Wildman–Crippen MR) is 104 cm³/mol. The number of anilines is 1. The molecule has 2 aliphatic rings. The fourth-order valence-electron chi connectivity index (χ4n) is 3.99. The number of benzene rings is 1. The quantitative estimate of drug-likeness (QED) is 0.654. The lowest BCUT2D eigenvalue weighted by molar-refractivity contribution is -0.142. The fraction of sp³-hybridized carbons (Fsp3) is 0.333. The smallest absolute Gasteiger partial charge is 0.244 e. The van der Waals surface area contributed by atoms with E-state index >= 15 is 0 Å². The number of nitrogens with zero attached hydrogens (tertiary/aromatic N) is 3. The second-order valence-corrected chi connectivity index (χ2v) is 7.32. The summed E-state index contributed by atoms with van der Waals surface area (Å²) in [5.74, 6) is -1.55. The van der Waals surface area contributed by atoms with Gasteiger partial charge in [0.15, 0.2) is 0 Å². The summed E-state index contributed by atoms with van der Waals surface area (Å²) < 4.78 is 1.76. The van der Waals surface area contributed by atoms with Gasteiger partial charge in [-0.3, -0.25) is 19.3 Å². The first-order valence-electron chi connectivity index (χ1n) is 9.38. The Balaban J connectivity index is 1.52. The number of amides is 3. The number of fused-ring (bicyclic) bond motifs is 1. The topological polar surface area (TPSA) is 84.3 Å². The van der Waals surface area contributed by atoms with Crippen LogP contribution in [0.1, 0.15) is 24.2 Å². The molecule has 1 N–H and O–H groups in total. The molecule has 7 heteroatoms. The Hall–Kier alpha value is -3.22. The third-order valence-corrected chi connectivity index (χ3v) is 5.32. The molecule has 1 fully saturated rings. The number of imide groups is 1. The normalized spacial score (nSPS) is 21.1. The van der Waals surface area contributed by atoms with Gasteiger partial charge in [0.25, 0.3) is 0 Å². The van der Waals surface area contributed by atoms with E-state index in [1.165, 1.54) is 0 Å². The Morgan fingerprint density at radius 3 is 2.36 bits per heavy atom. The number of carbonyl (C=O) groups excluding carboxylic acids is 3. The standard InChI is InChI=1S/C21H22N4O3/c1-13-11-14(2)25(23-13)18-10-6-5-9-17(18)22-19(26)12-24-20(27)15-7-3-4-8-16(15)21(24)28/h3-6,9-11,15-16H,7-8,12H2,1-2H3,(H,22,26)/t15-,16-/m1/s1. The summed E-state index contributed by atoms with van der Waals surface area (Å²) in [6.07, 6.45) is 4.99. The first-order chi connectivity index (χ1) is 13.5. The molecule has 1 saturated heterocycles. The Bertz CT molecular complexity index is 965. The fourth-order valence-corrected chi connectivity index (χ4v) is 3.99. The van der Waals surface area contributed by atoms with Gasteiger partial charge in [-0.25, -0.2) is 4.68 Å². The van der Waals surface area contributed by atoms with E-state index < -0.39 is 5.91 Å². The maximum atomic E-state index is 12.6. The van der Waals surface area contributed by atoms with Crippen molar-refractivity contribution in [3.05, 3.63) is 53.9 Å². The molecule has 1 aromatic heterocycles. The Kier molecular flexibility index (Phi) is 4.58. The van der Waals surface area contributed by atoms with E-state index in [0.717, 1.165) is 22.0 Å². The Morgan fingerprint density at radius 1 is 1.11 bits per heavy atom. The Morgan fingerprint density at radius 2 is 1.75 bits per heavy atom. The molecule has 2 aromatic rings. The van der Waals surface area contributed by atoms with E-state index in [2.05, 4.69) is 10.4 Å². The van der Waals surface area contributed by atoms with Gasteiger partial charge in [0.05, 0.1) is 28.9 Å². The van der Waals surface area contributed by atoms with E-state index in [1.807, 2.05) is 50.3 Å². The largest absolute Gasteiger partial charge is 0.323 e. The van der Waals surface area contributed by atoms with Crippen molar-refractivity contribution in [2.75, 3.05) is 11.9 Å². The summed E-state index contributed by atoms with van der Waals surface area (Å²) in [7, 11) is 0. The van der Waals surface area contributed by atoms with Crippen LogP contribution < -0.4 is 5.32 Å². The van der Waals surface area contributed by atoms with Crippen molar-refractivity contribution in [3.8, 4) is 5.69 Å². The maximum absolute atomic E-state index is 12.6. The number of rotatable bonds is 4. The number of hydrogen-bond acceptors (Lipinski definition) is 4. The van der Waals surface area contributed by atoms with Gasteiger partial charge in [-0.2, -0.15) is 5.10 Å². The molecule has 0 bridgehead atoms. The molecule has 1 aliphatic carbocycles. The highest BCUT2D eigenvalue weighted by molar-refractivity contribution is 6.09. The summed E-state index contributed by atoms with van der Waals surface area (Å²) >= 11 is 0. The van der Waals surface area contributed by atoms with Crippen molar-refractivity contribution in [2.24, 2.45) is 11.8 Å². The molecule has 4 rings (SSSR count). The zero-order valence-corrected chi connectivity index (χ0v) is 15.9. The summed E-state index contributed by atoms with van der Waals surface area (Å²) in [5.41, 5.74) is 3.14. The molecular weight excluding hydrogens is 356 g/mol. The van der Waals surface area contributed by atoms with Crippen molar-refractivity contribution < 1.29 is 14.4 Å². The maximum Gasteiger partial charge on any atom is 0.244 e. The summed E-state index contributed by atoms with van der Waals surface area (Å²) in [5, 5.41) is 7.30. The van der Waals surface area contributed by atoms with Crippen LogP contribution in [0.3, 0.4) is 0 Å². The molecule has 28 heavy (non-hydrogen) atoms. The van der Waals surface area contributed by atoms with E-state index in [0.29, 0.717) is 18.5 Å². The number of para-hydroxylation sites is 2. The minimum absolute atomic E-state index is 0.249. The van der Waals surface area contributed by atoms with Gasteiger partial charge in [0.1, 0.15) is 6.54 Å². The Labute approximate surface area is 163 Å². The van der Waals surface area contributed by atoms with E-state index in [-0.39, 0.29) is 30.2 Å². The van der Waals surface area contributed by atoms with Crippen molar-refractivity contribution >= 4 is 23.4 Å². The summed E-state index contributed by atoms with van der Waals surface area (Å²) in [4.78, 5) is 38.8. The lowest BCUT2D eigenvalue weighted by atomic mass is 9.85. The minimum Gasteiger partial charge on any atom is -0.323 e. The highest BCUT2D eigenvalue weighted by Gasteiger charge is 2.47. The summed E-state index contributed by atoms with van der Waals surface area (Å²) in [6.45, 7) is 3.58. The van der Waals surface area contributed by atoms with Crippen molar-refractivity contribution in [1.82, 2.24) is 14.7 Å². The van der Waals surface area contributed by atoms with Crippen LogP contribution in [0, 0.1) is 25.7 Å². The van der Waals surface area contributed by atoms with Gasteiger partial charge >= 0.3 is 0 Å². The first-order valence-corrected chi connectivity index (χ1v) is 9.38. The van der Waals surface area contributed by atoms with Crippen LogP contribution in [-0.4, -0.2) is 38.9 Å². The molecule has 3 amide bonds. The predicted octanol–water partition coefficient (Wildman–Crippen LogP) is 2.38. The van der Waals surface area contributed by atoms with Crippen LogP contribution in [0.5, 0.6) is 0 Å². The first kappa shape index (κ1) is 18.2. The van der Waals surface area contributed by atoms with Gasteiger partial charge in [0.2, 0.25) is 17.7 Å². The molecule has 2 atom stereocenters. The van der Waals surface area contributed by atoms with Crippen molar-refractivity contribution in [3.63, 3.8) is 0 Å². The third-order valence-electron chi connectivity index (χ3n) is 5.32. The average molecular weight is 378 g/mol. The van der Waals surface area contributed by atoms with Crippen molar-refractivity contribution in [2.45, 2.75) is 26.7 Å². The highest BCUT2D eigenvalue weighted by Crippen LogP contribution is 2.35. The number of hydrogen-bond donors (Lipinski definition) is 1. The summed E-state index contributed by atoms with van der Waals surface area (Å²) in [6, 6.07) is 9.28. The number of likely N-dealkylation sites (tertiary alicyclic amines) is 1. The van der Waals surface area contributed by atoms with Gasteiger partial charge < -0.3 is 5.32 Å². The number of aromatic nitrogens is 2. The highest BCUT2D eigenvalue weighted by atomic mass is 16.2. The monoisotopic (exact) mass is 378 g/mol. The zero-order valence-electron chi connectivity index (χ0n) is 15.9. The molecule has 0 spiro atoms. The van der Waals surface area contributed by atoms with Crippen molar-refractivity contribution in [1.29, 1.82) is 0 Å². The number of carbonyl (C=O) groups is 3. The number of allylic oxidation sites excluding steroid dienone is 2. The molecule has 1 aromatic carbocycles. The number of nitrogens with one attached hydrogen (secondary N) is 1. The van der Waals surface area contributed by atoms with Crippen LogP contribution in [0.25, 0.3) is 5.69 Å². The molecule has 2 heterocycles. The van der Waals surface area contributed by atoms with E-state index in [4.69, 9.17) is 0 Å². The van der Waals surface area contributed by atoms with Gasteiger partial charge in [-0.05, 0) is 44.9 Å². The minimum atomic E-state index is -0.401. The second-order valence-electron chi connectivity index (χ2n) is 7.32. The SMILES string of the molecule is Cc1cc(C)n(-c2ccccc2NC(=O)CN2C(=O)[C@@H]3CC=CC[C@H]3C2=O)n1. The second kappa shape index (κ2) is 7.07. The van der Waals surface area contributed by atoms with Crippen LogP contribution in [0.4, 0.5) is 5.69 Å². The molecule has 144 valence electrons. The van der Waals surface area contributed by atoms with Gasteiger partial charge in [-0.1, -0.05) is 24.3 Å². The molecule has 7 nitrogen and oxygen atoms in total. The van der Waals surface area contributed by atoms with Gasteiger partial charge in [-0.15, -0.1) is 0 Å². The third kappa shape index (κ3) is 3.13. The average Bonchev–Trinajstić information content (AvgIpc) is 3.14. The van der Waals surface area contributed by atoms with E-state index in [1.54, 1.807) is 10.7 Å². The molecule has 0 unspecified atom stereocenters. The lowest BCUT2D eigenvalue weighted by Crippen LogP contribution is -2.38. The van der Waals surface area contributed by atoms with E-state index in [9.17, 15) is 14.4 Å².